The van der Waals surface area contributed by atoms with Gasteiger partial charge in [0.25, 0.3) is 0 Å². The number of allylic oxidation sites excluding steroid dienone is 2. The number of ether oxygens (including phenoxy) is 4. The molecule has 0 amide bonds. The second kappa shape index (κ2) is 27.6. The lowest BCUT2D eigenvalue weighted by Gasteiger charge is -2.41. The standard InChI is InChI=1S/C34H64O12S/c1-3-5-7-9-11-13-14-15-16-18-20-22-24-42-26-28(44-30(36)23-21-19-17-12-10-8-6-4-2)27-43-34-32(38)33(46-47(39,40)41)31(37)29(25-35)45-34/h9,11,28-29,31-35,37-38H,3-8,10,12-27H2,1-2H3,(H,39,40,41)/b11-9-. The molecule has 0 aromatic heterocycles. The van der Waals surface area contributed by atoms with E-state index in [1.54, 1.807) is 0 Å². The van der Waals surface area contributed by atoms with Gasteiger partial charge in [-0.15, -0.1) is 0 Å². The first-order valence-electron chi connectivity index (χ1n) is 17.9. The van der Waals surface area contributed by atoms with Crippen molar-refractivity contribution in [1.29, 1.82) is 0 Å². The van der Waals surface area contributed by atoms with Gasteiger partial charge in [0.2, 0.25) is 0 Å². The molecule has 6 unspecified atom stereocenters. The zero-order chi connectivity index (χ0) is 34.8. The van der Waals surface area contributed by atoms with E-state index < -0.39 is 59.8 Å². The fourth-order valence-corrected chi connectivity index (χ4v) is 5.87. The molecule has 12 nitrogen and oxygen atoms in total. The molecule has 1 rings (SSSR count). The van der Waals surface area contributed by atoms with Gasteiger partial charge < -0.3 is 34.3 Å². The number of carbonyl (C=O) groups is 1. The predicted molar refractivity (Wildman–Crippen MR) is 179 cm³/mol. The van der Waals surface area contributed by atoms with E-state index in [-0.39, 0.29) is 19.6 Å². The van der Waals surface area contributed by atoms with Crippen molar-refractivity contribution < 1.29 is 56.2 Å². The Bertz CT molecular complexity index is 900. The van der Waals surface area contributed by atoms with Crippen molar-refractivity contribution in [2.75, 3.05) is 26.4 Å². The lowest BCUT2D eigenvalue weighted by atomic mass is 9.99. The molecule has 13 heteroatoms. The summed E-state index contributed by atoms with van der Waals surface area (Å²) in [6.45, 7) is 3.87. The molecule has 6 atom stereocenters. The Labute approximate surface area is 283 Å². The first-order valence-corrected chi connectivity index (χ1v) is 19.3. The summed E-state index contributed by atoms with van der Waals surface area (Å²) in [5, 5.41) is 30.4. The van der Waals surface area contributed by atoms with E-state index in [0.717, 1.165) is 44.9 Å². The molecule has 0 aliphatic carbocycles. The van der Waals surface area contributed by atoms with Crippen LogP contribution in [0.4, 0.5) is 0 Å². The molecule has 0 spiro atoms. The molecule has 1 saturated heterocycles. The molecule has 1 aliphatic heterocycles. The Hall–Kier alpha value is -1.16. The largest absolute Gasteiger partial charge is 0.457 e. The minimum Gasteiger partial charge on any atom is -0.457 e. The van der Waals surface area contributed by atoms with Crippen LogP contribution >= 0.6 is 0 Å². The van der Waals surface area contributed by atoms with Gasteiger partial charge in [-0.2, -0.15) is 8.42 Å². The minimum absolute atomic E-state index is 0.0351. The highest BCUT2D eigenvalue weighted by molar-refractivity contribution is 7.80. The van der Waals surface area contributed by atoms with Crippen molar-refractivity contribution in [2.24, 2.45) is 0 Å². The molecule has 0 bridgehead atoms. The molecule has 0 radical (unpaired) electrons. The number of unbranched alkanes of at least 4 members (excludes halogenated alkanes) is 15. The van der Waals surface area contributed by atoms with Crippen LogP contribution in [0.5, 0.6) is 0 Å². The van der Waals surface area contributed by atoms with Crippen LogP contribution in [-0.4, -0.2) is 97.5 Å². The van der Waals surface area contributed by atoms with Crippen molar-refractivity contribution in [3.63, 3.8) is 0 Å². The van der Waals surface area contributed by atoms with Crippen LogP contribution in [0.25, 0.3) is 0 Å². The zero-order valence-corrected chi connectivity index (χ0v) is 29.7. The first-order chi connectivity index (χ1) is 22.6. The van der Waals surface area contributed by atoms with Gasteiger partial charge in [0.1, 0.15) is 30.5 Å². The first kappa shape index (κ1) is 43.9. The van der Waals surface area contributed by atoms with Gasteiger partial charge in [0.05, 0.1) is 19.8 Å². The molecular formula is C34H64O12S. The van der Waals surface area contributed by atoms with E-state index in [1.807, 2.05) is 0 Å². The summed E-state index contributed by atoms with van der Waals surface area (Å²) in [6, 6.07) is 0. The normalized spacial score (nSPS) is 22.6. The maximum atomic E-state index is 12.6. The fourth-order valence-electron chi connectivity index (χ4n) is 5.36. The van der Waals surface area contributed by atoms with E-state index in [4.69, 9.17) is 23.5 Å². The second-order valence-electron chi connectivity index (χ2n) is 12.5. The molecule has 1 fully saturated rings. The van der Waals surface area contributed by atoms with E-state index >= 15 is 0 Å². The summed E-state index contributed by atoms with van der Waals surface area (Å²) < 4.78 is 58.5. The third-order valence-electron chi connectivity index (χ3n) is 8.14. The van der Waals surface area contributed by atoms with E-state index in [9.17, 15) is 28.5 Å². The topological polar surface area (TPSA) is 178 Å². The SMILES string of the molecule is CCCC/C=C\CCCCCCCCOCC(COC1OC(CO)C(O)C(OS(=O)(=O)O)C1O)OC(=O)CCCCCCCCCC. The molecule has 0 aromatic carbocycles. The maximum Gasteiger partial charge on any atom is 0.397 e. The number of aliphatic hydroxyl groups is 3. The van der Waals surface area contributed by atoms with E-state index in [2.05, 4.69) is 30.2 Å². The van der Waals surface area contributed by atoms with Crippen LogP contribution in [0.1, 0.15) is 136 Å². The van der Waals surface area contributed by atoms with Gasteiger partial charge in [-0.3, -0.25) is 9.35 Å². The number of rotatable bonds is 30. The molecular weight excluding hydrogens is 632 g/mol. The molecule has 4 N–H and O–H groups in total. The van der Waals surface area contributed by atoms with Crippen molar-refractivity contribution in [2.45, 2.75) is 173 Å². The lowest BCUT2D eigenvalue weighted by molar-refractivity contribution is -0.301. The molecule has 0 aromatic rings. The van der Waals surface area contributed by atoms with E-state index in [0.29, 0.717) is 13.0 Å². The molecule has 47 heavy (non-hydrogen) atoms. The van der Waals surface area contributed by atoms with Gasteiger partial charge >= 0.3 is 16.4 Å². The highest BCUT2D eigenvalue weighted by atomic mass is 32.3. The quantitative estimate of drug-likeness (QED) is 0.0318. The number of aliphatic hydroxyl groups excluding tert-OH is 3. The van der Waals surface area contributed by atoms with Gasteiger partial charge in [-0.25, -0.2) is 4.18 Å². The second-order valence-corrected chi connectivity index (χ2v) is 13.5. The van der Waals surface area contributed by atoms with Crippen LogP contribution < -0.4 is 0 Å². The minimum atomic E-state index is -5.05. The van der Waals surface area contributed by atoms with Gasteiger partial charge in [-0.1, -0.05) is 109 Å². The van der Waals surface area contributed by atoms with Crippen LogP contribution in [0, 0.1) is 0 Å². The maximum absolute atomic E-state index is 12.6. The Morgan fingerprint density at radius 3 is 1.98 bits per heavy atom. The van der Waals surface area contributed by atoms with Gasteiger partial charge in [0, 0.05) is 13.0 Å². The lowest BCUT2D eigenvalue weighted by Crippen LogP contribution is -2.60. The van der Waals surface area contributed by atoms with Crippen LogP contribution in [0.3, 0.4) is 0 Å². The number of hydrogen-bond acceptors (Lipinski definition) is 11. The van der Waals surface area contributed by atoms with Crippen molar-refractivity contribution >= 4 is 16.4 Å². The zero-order valence-electron chi connectivity index (χ0n) is 28.8. The van der Waals surface area contributed by atoms with E-state index in [1.165, 1.54) is 64.2 Å². The average molecular weight is 697 g/mol. The fraction of sp³-hybridized carbons (Fsp3) is 0.912. The Morgan fingerprint density at radius 1 is 0.787 bits per heavy atom. The third kappa shape index (κ3) is 22.2. The Kier molecular flexibility index (Phi) is 25.8. The molecule has 1 heterocycles. The molecule has 0 saturated carbocycles. The number of esters is 1. The van der Waals surface area contributed by atoms with Crippen LogP contribution in [-0.2, 0) is 38.3 Å². The van der Waals surface area contributed by atoms with Crippen molar-refractivity contribution in [3.05, 3.63) is 12.2 Å². The highest BCUT2D eigenvalue weighted by Crippen LogP contribution is 2.26. The van der Waals surface area contributed by atoms with Gasteiger partial charge in [0.15, 0.2) is 6.29 Å². The summed E-state index contributed by atoms with van der Waals surface area (Å²) in [5.74, 6) is -0.408. The van der Waals surface area contributed by atoms with Gasteiger partial charge in [-0.05, 0) is 32.1 Å². The molecule has 278 valence electrons. The number of carbonyl (C=O) groups excluding carboxylic acids is 1. The Morgan fingerprint density at radius 2 is 1.36 bits per heavy atom. The monoisotopic (exact) mass is 696 g/mol. The summed E-state index contributed by atoms with van der Waals surface area (Å²) in [4.78, 5) is 12.6. The van der Waals surface area contributed by atoms with Crippen molar-refractivity contribution in [1.82, 2.24) is 0 Å². The molecule has 1 aliphatic rings. The summed E-state index contributed by atoms with van der Waals surface area (Å²) in [5.41, 5.74) is 0. The van der Waals surface area contributed by atoms with Crippen molar-refractivity contribution in [3.8, 4) is 0 Å². The van der Waals surface area contributed by atoms with Crippen LogP contribution in [0.15, 0.2) is 12.2 Å². The highest BCUT2D eigenvalue weighted by Gasteiger charge is 2.48. The number of hydrogen-bond donors (Lipinski definition) is 4. The summed E-state index contributed by atoms with van der Waals surface area (Å²) in [7, 11) is -5.05. The predicted octanol–water partition coefficient (Wildman–Crippen LogP) is 5.57. The average Bonchev–Trinajstić information content (AvgIpc) is 3.03. The summed E-state index contributed by atoms with van der Waals surface area (Å²) in [6.07, 6.45) is 15.6. The smallest absolute Gasteiger partial charge is 0.397 e. The summed E-state index contributed by atoms with van der Waals surface area (Å²) >= 11 is 0. The Balaban J connectivity index is 2.54. The van der Waals surface area contributed by atoms with Crippen LogP contribution in [0.2, 0.25) is 0 Å². The third-order valence-corrected chi connectivity index (χ3v) is 8.60.